The fraction of sp³-hybridized carbons (Fsp3) is 0.500. The lowest BCUT2D eigenvalue weighted by Crippen LogP contribution is -2.61. The molecule has 6 amide bonds. The molecule has 0 fully saturated rings. The number of carboxylic acid groups (broad SMARTS) is 2. The highest BCUT2D eigenvalue weighted by Gasteiger charge is 2.34. The second-order valence-electron chi connectivity index (χ2n) is 15.9. The van der Waals surface area contributed by atoms with Gasteiger partial charge in [-0.2, -0.15) is 11.8 Å². The molecule has 0 aliphatic carbocycles. The molecule has 0 unspecified atom stereocenters. The third-order valence-corrected chi connectivity index (χ3v) is 11.2. The molecule has 14 N–H and O–H groups in total. The average molecular weight is 926 g/mol. The molecule has 0 saturated carbocycles. The minimum absolute atomic E-state index is 0.00601. The summed E-state index contributed by atoms with van der Waals surface area (Å²) in [6.07, 6.45) is 3.47. The molecule has 1 heterocycles. The van der Waals surface area contributed by atoms with E-state index in [4.69, 9.17) is 11.5 Å². The van der Waals surface area contributed by atoms with E-state index in [1.54, 1.807) is 56.4 Å². The smallest absolute Gasteiger partial charge is 0.326 e. The number of nitrogens with two attached hydrogens (primary N) is 2. The third-order valence-electron chi connectivity index (χ3n) is 10.5. The number of aliphatic hydroxyl groups is 1. The Hall–Kier alpha value is -6.03. The van der Waals surface area contributed by atoms with Crippen molar-refractivity contribution in [2.75, 3.05) is 25.2 Å². The lowest BCUT2D eigenvalue weighted by molar-refractivity contribution is -0.143. The van der Waals surface area contributed by atoms with Crippen LogP contribution in [-0.2, 0) is 51.2 Å². The minimum atomic E-state index is -1.72. The first-order valence-electron chi connectivity index (χ1n) is 21.4. The van der Waals surface area contributed by atoms with Gasteiger partial charge in [0.25, 0.3) is 0 Å². The van der Waals surface area contributed by atoms with Gasteiger partial charge in [-0.3, -0.25) is 33.6 Å². The summed E-state index contributed by atoms with van der Waals surface area (Å²) in [5.41, 5.74) is 13.9. The molecule has 20 nitrogen and oxygen atoms in total. The Kier molecular flexibility index (Phi) is 22.4. The maximum absolute atomic E-state index is 14.0. The van der Waals surface area contributed by atoms with E-state index in [9.17, 15) is 53.7 Å². The van der Waals surface area contributed by atoms with Gasteiger partial charge in [0.2, 0.25) is 35.4 Å². The van der Waals surface area contributed by atoms with Crippen molar-refractivity contribution >= 4 is 70.0 Å². The maximum atomic E-state index is 14.0. The van der Waals surface area contributed by atoms with Gasteiger partial charge in [-0.05, 0) is 73.8 Å². The van der Waals surface area contributed by atoms with Crippen molar-refractivity contribution in [3.63, 3.8) is 0 Å². The Morgan fingerprint density at radius 2 is 1.20 bits per heavy atom. The van der Waals surface area contributed by atoms with E-state index in [1.165, 1.54) is 11.8 Å². The predicted molar refractivity (Wildman–Crippen MR) is 244 cm³/mol. The summed E-state index contributed by atoms with van der Waals surface area (Å²) in [7, 11) is 0. The topological polar surface area (TPSA) is 337 Å². The quantitative estimate of drug-likeness (QED) is 0.0397. The Bertz CT molecular complexity index is 2070. The van der Waals surface area contributed by atoms with E-state index >= 15 is 0 Å². The standard InChI is InChI=1S/C44H63N9O11S/c1-25(2)37(44(63)64)53-42(61)33(21-26-11-5-4-6-12-26)51-39(58)31(15-9-10-19-45)48-43(62)35(24-54)52-40(59)32(16-17-36(55)56)49-41(60)34(50-38(57)29(46)18-20-65-3)22-27-23-47-30-14-8-7-13-28(27)30/h4-8,11-14,23,25,29,31-35,37,47,54H,9-10,15-22,24,45-46H2,1-3H3,(H,48,62)(H,49,60)(H,50,57)(H,51,58)(H,52,59)(H,53,61)(H,55,56)(H,63,64)/t29-,31-,32-,33-,34-,35-,37-/m0/s1. The molecule has 21 heteroatoms. The predicted octanol–water partition coefficient (Wildman–Crippen LogP) is -0.331. The highest BCUT2D eigenvalue weighted by molar-refractivity contribution is 7.98. The number of para-hydroxylation sites is 1. The molecule has 2 aromatic carbocycles. The summed E-state index contributed by atoms with van der Waals surface area (Å²) in [6.45, 7) is 2.48. The van der Waals surface area contributed by atoms with Crippen LogP contribution < -0.4 is 43.4 Å². The Balaban J connectivity index is 1.85. The van der Waals surface area contributed by atoms with Crippen molar-refractivity contribution in [1.82, 2.24) is 36.9 Å². The number of benzene rings is 2. The Morgan fingerprint density at radius 1 is 0.662 bits per heavy atom. The van der Waals surface area contributed by atoms with Crippen LogP contribution in [0.5, 0.6) is 0 Å². The van der Waals surface area contributed by atoms with E-state index in [1.807, 2.05) is 24.5 Å². The molecule has 0 radical (unpaired) electrons. The highest BCUT2D eigenvalue weighted by atomic mass is 32.2. The number of rotatable bonds is 29. The van der Waals surface area contributed by atoms with Gasteiger partial charge in [-0.15, -0.1) is 0 Å². The van der Waals surface area contributed by atoms with Crippen LogP contribution >= 0.6 is 11.8 Å². The number of hydrogen-bond acceptors (Lipinski definition) is 12. The van der Waals surface area contributed by atoms with Crippen molar-refractivity contribution in [2.45, 2.75) is 108 Å². The number of aliphatic carboxylic acids is 2. The van der Waals surface area contributed by atoms with Gasteiger partial charge in [-0.25, -0.2) is 4.79 Å². The number of H-pyrrole nitrogens is 1. The molecule has 0 spiro atoms. The zero-order valence-electron chi connectivity index (χ0n) is 36.8. The van der Waals surface area contributed by atoms with Crippen molar-refractivity contribution in [3.05, 3.63) is 71.9 Å². The van der Waals surface area contributed by atoms with Crippen LogP contribution in [-0.4, -0.2) is 135 Å². The number of hydrogen-bond donors (Lipinski definition) is 12. The van der Waals surface area contributed by atoms with Crippen LogP contribution in [0.1, 0.15) is 63.5 Å². The minimum Gasteiger partial charge on any atom is -0.481 e. The molecule has 0 aliphatic heterocycles. The SMILES string of the molecule is CSCC[C@H](N)C(=O)N[C@@H](Cc1c[nH]c2ccccc12)C(=O)N[C@@H](CCC(=O)O)C(=O)N[C@@H](CO)C(=O)N[C@@H](CCCCN)C(=O)N[C@@H](Cc1ccccc1)C(=O)N[C@H](C(=O)O)C(C)C. The molecule has 3 rings (SSSR count). The maximum Gasteiger partial charge on any atom is 0.326 e. The molecule has 1 aromatic heterocycles. The van der Waals surface area contributed by atoms with Crippen molar-refractivity contribution in [1.29, 1.82) is 0 Å². The summed E-state index contributed by atoms with van der Waals surface area (Å²) in [5.74, 6) is -7.67. The van der Waals surface area contributed by atoms with Crippen LogP contribution in [0, 0.1) is 5.92 Å². The lowest BCUT2D eigenvalue weighted by atomic mass is 10.0. The van der Waals surface area contributed by atoms with Crippen LogP contribution in [0.2, 0.25) is 0 Å². The molecule has 3 aromatic rings. The molecule has 0 aliphatic rings. The first-order valence-corrected chi connectivity index (χ1v) is 22.8. The fourth-order valence-electron chi connectivity index (χ4n) is 6.79. The number of carbonyl (C=O) groups is 8. The van der Waals surface area contributed by atoms with Gasteiger partial charge in [0.05, 0.1) is 12.6 Å². The van der Waals surface area contributed by atoms with Gasteiger partial charge >= 0.3 is 11.9 Å². The van der Waals surface area contributed by atoms with Crippen LogP contribution in [0.15, 0.2) is 60.8 Å². The number of aromatic amines is 1. The lowest BCUT2D eigenvalue weighted by Gasteiger charge is -2.27. The Morgan fingerprint density at radius 3 is 1.80 bits per heavy atom. The molecular formula is C44H63N9O11S. The molecule has 0 bridgehead atoms. The summed E-state index contributed by atoms with van der Waals surface area (Å²) < 4.78 is 0. The summed E-state index contributed by atoms with van der Waals surface area (Å²) in [5, 5.41) is 45.5. The van der Waals surface area contributed by atoms with Crippen LogP contribution in [0.3, 0.4) is 0 Å². The monoisotopic (exact) mass is 925 g/mol. The third kappa shape index (κ3) is 17.5. The van der Waals surface area contributed by atoms with Crippen molar-refractivity contribution in [3.8, 4) is 0 Å². The van der Waals surface area contributed by atoms with E-state index in [-0.39, 0.29) is 25.8 Å². The van der Waals surface area contributed by atoms with E-state index in [0.717, 1.165) is 10.9 Å². The summed E-state index contributed by atoms with van der Waals surface area (Å²) in [4.78, 5) is 109. The highest BCUT2D eigenvalue weighted by Crippen LogP contribution is 2.20. The van der Waals surface area contributed by atoms with Gasteiger partial charge in [-0.1, -0.05) is 62.4 Å². The van der Waals surface area contributed by atoms with E-state index in [2.05, 4.69) is 36.9 Å². The van der Waals surface area contributed by atoms with Gasteiger partial charge in [0, 0.05) is 36.4 Å². The first kappa shape index (κ1) is 53.3. The van der Waals surface area contributed by atoms with Gasteiger partial charge in [0.1, 0.15) is 36.3 Å². The van der Waals surface area contributed by atoms with E-state index < -0.39 is 115 Å². The number of carbonyl (C=O) groups excluding carboxylic acids is 6. The number of fused-ring (bicyclic) bond motifs is 1. The second kappa shape index (κ2) is 27.3. The molecule has 65 heavy (non-hydrogen) atoms. The largest absolute Gasteiger partial charge is 0.481 e. The number of carboxylic acids is 2. The fourth-order valence-corrected chi connectivity index (χ4v) is 7.28. The summed E-state index contributed by atoms with van der Waals surface area (Å²) in [6, 6.07) is 6.44. The number of thioether (sulfide) groups is 1. The molecular weight excluding hydrogens is 863 g/mol. The van der Waals surface area contributed by atoms with Gasteiger partial charge in [0.15, 0.2) is 0 Å². The molecule has 0 saturated heterocycles. The molecule has 7 atom stereocenters. The van der Waals surface area contributed by atoms with Crippen LogP contribution in [0.25, 0.3) is 10.9 Å². The number of aromatic nitrogens is 1. The normalized spacial score (nSPS) is 14.4. The van der Waals surface area contributed by atoms with Crippen LogP contribution in [0.4, 0.5) is 0 Å². The zero-order valence-corrected chi connectivity index (χ0v) is 37.7. The zero-order chi connectivity index (χ0) is 48.1. The van der Waals surface area contributed by atoms with Gasteiger partial charge < -0.3 is 63.7 Å². The summed E-state index contributed by atoms with van der Waals surface area (Å²) >= 11 is 1.48. The van der Waals surface area contributed by atoms with Crippen molar-refractivity contribution in [2.24, 2.45) is 17.4 Å². The van der Waals surface area contributed by atoms with E-state index in [0.29, 0.717) is 36.1 Å². The number of nitrogens with one attached hydrogen (secondary N) is 7. The average Bonchev–Trinajstić information content (AvgIpc) is 3.69. The van der Waals surface area contributed by atoms with Crippen molar-refractivity contribution < 1.29 is 53.7 Å². The first-order chi connectivity index (χ1) is 31.0. The molecule has 356 valence electrons. The second-order valence-corrected chi connectivity index (χ2v) is 16.9. The Labute approximate surface area is 381 Å². The number of unbranched alkanes of at least 4 members (excludes halogenated alkanes) is 1. The number of amides is 6. The number of aliphatic hydroxyl groups excluding tert-OH is 1.